The maximum absolute atomic E-state index is 13.1. The molecule has 3 aromatic rings. The maximum atomic E-state index is 13.1. The molecule has 0 aliphatic carbocycles. The number of rotatable bonds is 2. The van der Waals surface area contributed by atoms with E-state index in [0.29, 0.717) is 25.4 Å². The Balaban J connectivity index is 1.39. The molecule has 2 unspecified atom stereocenters. The fraction of sp³-hybridized carbons (Fsp3) is 0.273. The number of nitrogens with zero attached hydrogens (tertiary/aromatic N) is 2. The summed E-state index contributed by atoms with van der Waals surface area (Å²) in [5, 5.41) is 0. The lowest BCUT2D eigenvalue weighted by Crippen LogP contribution is -2.49. The molecular weight excluding hydrogens is 359 g/mol. The standard InChI is InChI=1S/C22H19FN2O3/c23-17-6-4-15(5-7-17)19-8-9-20(28-19)22(27)24-11-14-10-16(13-24)18-2-1-3-21(26)25(18)12-14/h1-9,14,16H,10-13H2. The summed E-state index contributed by atoms with van der Waals surface area (Å²) in [4.78, 5) is 27.0. The summed E-state index contributed by atoms with van der Waals surface area (Å²) in [5.74, 6) is 0.793. The smallest absolute Gasteiger partial charge is 0.289 e. The van der Waals surface area contributed by atoms with Gasteiger partial charge in [0, 0.05) is 42.9 Å². The van der Waals surface area contributed by atoms with Gasteiger partial charge in [-0.25, -0.2) is 4.39 Å². The van der Waals surface area contributed by atoms with E-state index in [1.807, 2.05) is 15.5 Å². The van der Waals surface area contributed by atoms with E-state index in [-0.39, 0.29) is 34.9 Å². The molecule has 142 valence electrons. The Morgan fingerprint density at radius 2 is 1.82 bits per heavy atom. The Hall–Kier alpha value is -3.15. The maximum Gasteiger partial charge on any atom is 0.289 e. The van der Waals surface area contributed by atoms with Crippen molar-refractivity contribution in [2.75, 3.05) is 13.1 Å². The molecule has 4 heterocycles. The van der Waals surface area contributed by atoms with Gasteiger partial charge in [-0.1, -0.05) is 6.07 Å². The van der Waals surface area contributed by atoms with Crippen molar-refractivity contribution in [3.63, 3.8) is 0 Å². The number of carbonyl (C=O) groups excluding carboxylic acids is 1. The number of hydrogen-bond donors (Lipinski definition) is 0. The van der Waals surface area contributed by atoms with Gasteiger partial charge in [0.15, 0.2) is 5.76 Å². The number of halogens is 1. The first-order valence-electron chi connectivity index (χ1n) is 9.43. The van der Waals surface area contributed by atoms with Crippen molar-refractivity contribution in [3.8, 4) is 11.3 Å². The van der Waals surface area contributed by atoms with E-state index in [1.54, 1.807) is 36.4 Å². The van der Waals surface area contributed by atoms with E-state index >= 15 is 0 Å². The summed E-state index contributed by atoms with van der Waals surface area (Å²) in [6.07, 6.45) is 0.992. The number of benzene rings is 1. The summed E-state index contributed by atoms with van der Waals surface area (Å²) < 4.78 is 20.7. The fourth-order valence-electron chi connectivity index (χ4n) is 4.44. The number of furan rings is 1. The molecule has 1 aromatic carbocycles. The van der Waals surface area contributed by atoms with Crippen LogP contribution in [-0.4, -0.2) is 28.5 Å². The van der Waals surface area contributed by atoms with Crippen LogP contribution in [0.2, 0.25) is 0 Å². The first-order chi connectivity index (χ1) is 13.6. The quantitative estimate of drug-likeness (QED) is 0.686. The van der Waals surface area contributed by atoms with Gasteiger partial charge < -0.3 is 13.9 Å². The number of pyridine rings is 1. The first-order valence-corrected chi connectivity index (χ1v) is 9.43. The van der Waals surface area contributed by atoms with Crippen LogP contribution in [0.3, 0.4) is 0 Å². The third-order valence-electron chi connectivity index (χ3n) is 5.71. The van der Waals surface area contributed by atoms with Crippen molar-refractivity contribution in [1.82, 2.24) is 9.47 Å². The second kappa shape index (κ2) is 6.48. The number of aromatic nitrogens is 1. The Morgan fingerprint density at radius 3 is 2.64 bits per heavy atom. The molecular formula is C22H19FN2O3. The summed E-state index contributed by atoms with van der Waals surface area (Å²) in [6.45, 7) is 1.84. The van der Waals surface area contributed by atoms with Crippen LogP contribution in [0, 0.1) is 11.7 Å². The third kappa shape index (κ3) is 2.85. The van der Waals surface area contributed by atoms with Gasteiger partial charge in [0.1, 0.15) is 11.6 Å². The van der Waals surface area contributed by atoms with E-state index in [9.17, 15) is 14.0 Å². The zero-order valence-electron chi connectivity index (χ0n) is 15.2. The van der Waals surface area contributed by atoms with Gasteiger partial charge in [0.25, 0.3) is 11.5 Å². The molecule has 0 saturated carbocycles. The average Bonchev–Trinajstić information content (AvgIpc) is 3.19. The number of likely N-dealkylation sites (tertiary alicyclic amines) is 1. The van der Waals surface area contributed by atoms with Crippen LogP contribution in [0.25, 0.3) is 11.3 Å². The van der Waals surface area contributed by atoms with E-state index < -0.39 is 0 Å². The van der Waals surface area contributed by atoms with Crippen LogP contribution in [0.1, 0.15) is 28.6 Å². The highest BCUT2D eigenvalue weighted by molar-refractivity contribution is 5.92. The Labute approximate surface area is 161 Å². The minimum absolute atomic E-state index is 0.0296. The zero-order chi connectivity index (χ0) is 19.3. The second-order valence-corrected chi connectivity index (χ2v) is 7.58. The number of hydrogen-bond acceptors (Lipinski definition) is 3. The van der Waals surface area contributed by atoms with Crippen LogP contribution in [-0.2, 0) is 6.54 Å². The second-order valence-electron chi connectivity index (χ2n) is 7.58. The molecule has 6 heteroatoms. The van der Waals surface area contributed by atoms with Gasteiger partial charge in [-0.3, -0.25) is 9.59 Å². The topological polar surface area (TPSA) is 55.5 Å². The Morgan fingerprint density at radius 1 is 1.00 bits per heavy atom. The highest BCUT2D eigenvalue weighted by Gasteiger charge is 2.37. The SMILES string of the molecule is O=C(c1ccc(-c2ccc(F)cc2)o1)N1CC2CC(C1)c1cccc(=O)n1C2. The third-order valence-corrected chi connectivity index (χ3v) is 5.71. The summed E-state index contributed by atoms with van der Waals surface area (Å²) in [5.41, 5.74) is 1.76. The Bertz CT molecular complexity index is 1100. The Kier molecular flexibility index (Phi) is 3.93. The van der Waals surface area contributed by atoms with Gasteiger partial charge in [0.05, 0.1) is 0 Å². The van der Waals surface area contributed by atoms with Crippen molar-refractivity contribution < 1.29 is 13.6 Å². The molecule has 5 rings (SSSR count). The summed E-state index contributed by atoms with van der Waals surface area (Å²) in [6, 6.07) is 14.8. The van der Waals surface area contributed by atoms with Crippen molar-refractivity contribution in [1.29, 1.82) is 0 Å². The predicted molar refractivity (Wildman–Crippen MR) is 102 cm³/mol. The number of carbonyl (C=O) groups is 1. The minimum atomic E-state index is -0.314. The fourth-order valence-corrected chi connectivity index (χ4v) is 4.44. The van der Waals surface area contributed by atoms with Crippen LogP contribution < -0.4 is 5.56 Å². The molecule has 0 N–H and O–H groups in total. The number of amides is 1. The number of fused-ring (bicyclic) bond motifs is 4. The largest absolute Gasteiger partial charge is 0.451 e. The normalized spacial score (nSPS) is 20.7. The predicted octanol–water partition coefficient (Wildman–Crippen LogP) is 3.51. The van der Waals surface area contributed by atoms with Gasteiger partial charge in [-0.15, -0.1) is 0 Å². The summed E-state index contributed by atoms with van der Waals surface area (Å²) >= 11 is 0. The molecule has 2 bridgehead atoms. The number of piperidine rings is 1. The van der Waals surface area contributed by atoms with E-state index in [1.165, 1.54) is 12.1 Å². The van der Waals surface area contributed by atoms with Gasteiger partial charge in [-0.2, -0.15) is 0 Å². The molecule has 2 aliphatic heterocycles. The van der Waals surface area contributed by atoms with Gasteiger partial charge >= 0.3 is 0 Å². The highest BCUT2D eigenvalue weighted by atomic mass is 19.1. The van der Waals surface area contributed by atoms with E-state index in [4.69, 9.17) is 4.42 Å². The first kappa shape index (κ1) is 17.0. The molecule has 1 fully saturated rings. The lowest BCUT2D eigenvalue weighted by molar-refractivity contribution is 0.0564. The van der Waals surface area contributed by atoms with Crippen LogP contribution in [0.15, 0.2) is 63.8 Å². The lowest BCUT2D eigenvalue weighted by Gasteiger charge is -2.42. The molecule has 1 amide bonds. The van der Waals surface area contributed by atoms with Crippen molar-refractivity contribution in [2.45, 2.75) is 18.9 Å². The van der Waals surface area contributed by atoms with Crippen LogP contribution >= 0.6 is 0 Å². The molecule has 2 aromatic heterocycles. The molecule has 5 nitrogen and oxygen atoms in total. The molecule has 0 spiro atoms. The lowest BCUT2D eigenvalue weighted by atomic mass is 9.83. The van der Waals surface area contributed by atoms with Gasteiger partial charge in [-0.05, 0) is 54.8 Å². The molecule has 2 aliphatic rings. The summed E-state index contributed by atoms with van der Waals surface area (Å²) in [7, 11) is 0. The molecule has 1 saturated heterocycles. The van der Waals surface area contributed by atoms with Gasteiger partial charge in [0.2, 0.25) is 0 Å². The minimum Gasteiger partial charge on any atom is -0.451 e. The van der Waals surface area contributed by atoms with Crippen molar-refractivity contribution >= 4 is 5.91 Å². The highest BCUT2D eigenvalue weighted by Crippen LogP contribution is 2.35. The van der Waals surface area contributed by atoms with E-state index in [0.717, 1.165) is 17.7 Å². The monoisotopic (exact) mass is 378 g/mol. The van der Waals surface area contributed by atoms with Crippen LogP contribution in [0.4, 0.5) is 4.39 Å². The zero-order valence-corrected chi connectivity index (χ0v) is 15.2. The average molecular weight is 378 g/mol. The van der Waals surface area contributed by atoms with Crippen LogP contribution in [0.5, 0.6) is 0 Å². The molecule has 0 radical (unpaired) electrons. The van der Waals surface area contributed by atoms with Crippen molar-refractivity contribution in [3.05, 3.63) is 82.2 Å². The molecule has 28 heavy (non-hydrogen) atoms. The van der Waals surface area contributed by atoms with Crippen molar-refractivity contribution in [2.24, 2.45) is 5.92 Å². The van der Waals surface area contributed by atoms with E-state index in [2.05, 4.69) is 0 Å². The molecule has 2 atom stereocenters.